The van der Waals surface area contributed by atoms with E-state index in [9.17, 15) is 4.79 Å². The number of thiophene rings is 1. The van der Waals surface area contributed by atoms with Crippen LogP contribution in [0.5, 0.6) is 0 Å². The third-order valence-electron chi connectivity index (χ3n) is 2.07. The molecule has 1 aromatic heterocycles. The Morgan fingerprint density at radius 3 is 3.00 bits per heavy atom. The summed E-state index contributed by atoms with van der Waals surface area (Å²) >= 11 is 1.53. The van der Waals surface area contributed by atoms with Crippen molar-refractivity contribution in [1.29, 1.82) is 0 Å². The van der Waals surface area contributed by atoms with Crippen LogP contribution in [0.25, 0.3) is 0 Å². The molecule has 0 saturated heterocycles. The first kappa shape index (κ1) is 12.0. The van der Waals surface area contributed by atoms with E-state index < -0.39 is 0 Å². The normalized spacial score (nSPS) is 10.0. The van der Waals surface area contributed by atoms with Gasteiger partial charge in [-0.25, -0.2) is 4.79 Å². The minimum absolute atomic E-state index is 0.213. The molecule has 2 nitrogen and oxygen atoms in total. The van der Waals surface area contributed by atoms with Gasteiger partial charge in [0, 0.05) is 4.88 Å². The Kier molecular flexibility index (Phi) is 4.56. The smallest absolute Gasteiger partial charge is 0.348 e. The number of hydrogen-bond donors (Lipinski definition) is 0. The summed E-state index contributed by atoms with van der Waals surface area (Å²) in [4.78, 5) is 13.4. The summed E-state index contributed by atoms with van der Waals surface area (Å²) < 4.78 is 4.95. The van der Waals surface area contributed by atoms with E-state index in [0.29, 0.717) is 11.5 Å². The Morgan fingerprint density at radius 2 is 2.40 bits per heavy atom. The minimum Gasteiger partial charge on any atom is -0.462 e. The summed E-state index contributed by atoms with van der Waals surface area (Å²) in [6, 6.07) is 1.90. The Morgan fingerprint density at radius 1 is 1.67 bits per heavy atom. The minimum atomic E-state index is -0.213. The number of allylic oxidation sites excluding steroid dienone is 1. The third kappa shape index (κ3) is 3.20. The number of ether oxygens (including phenoxy) is 1. The fourth-order valence-corrected chi connectivity index (χ4v) is 2.39. The molecule has 0 bridgehead atoms. The number of carbonyl (C=O) groups excluding carboxylic acids is 1. The van der Waals surface area contributed by atoms with Crippen molar-refractivity contribution in [1.82, 2.24) is 0 Å². The fraction of sp³-hybridized carbons (Fsp3) is 0.417. The average Bonchev–Trinajstić information content (AvgIpc) is 2.57. The lowest BCUT2D eigenvalue weighted by Gasteiger charge is -1.96. The highest BCUT2D eigenvalue weighted by molar-refractivity contribution is 7.14. The van der Waals surface area contributed by atoms with Crippen molar-refractivity contribution in [2.24, 2.45) is 0 Å². The van der Waals surface area contributed by atoms with Gasteiger partial charge in [0.15, 0.2) is 0 Å². The van der Waals surface area contributed by atoms with Gasteiger partial charge in [-0.1, -0.05) is 6.08 Å². The lowest BCUT2D eigenvalue weighted by Crippen LogP contribution is -2.01. The maximum absolute atomic E-state index is 11.5. The number of rotatable bonds is 5. The molecule has 0 unspecified atom stereocenters. The fourth-order valence-electron chi connectivity index (χ4n) is 1.30. The van der Waals surface area contributed by atoms with Crippen molar-refractivity contribution >= 4 is 17.3 Å². The first-order chi connectivity index (χ1) is 7.19. The number of aryl methyl sites for hydroxylation is 2. The van der Waals surface area contributed by atoms with Crippen LogP contribution in [0.1, 0.15) is 33.5 Å². The summed E-state index contributed by atoms with van der Waals surface area (Å²) in [6.45, 7) is 7.96. The van der Waals surface area contributed by atoms with Crippen LogP contribution >= 0.6 is 11.3 Å². The van der Waals surface area contributed by atoms with Gasteiger partial charge in [-0.2, -0.15) is 0 Å². The summed E-state index contributed by atoms with van der Waals surface area (Å²) in [5.41, 5.74) is 1.17. The maximum Gasteiger partial charge on any atom is 0.348 e. The zero-order valence-corrected chi connectivity index (χ0v) is 10.0. The molecule has 0 atom stereocenters. The van der Waals surface area contributed by atoms with Crippen LogP contribution in [0, 0.1) is 6.92 Å². The molecule has 0 N–H and O–H groups in total. The molecule has 0 spiro atoms. The number of esters is 1. The van der Waals surface area contributed by atoms with E-state index in [0.717, 1.165) is 12.8 Å². The second-order valence-corrected chi connectivity index (χ2v) is 4.40. The molecule has 1 aromatic rings. The van der Waals surface area contributed by atoms with Gasteiger partial charge >= 0.3 is 5.97 Å². The van der Waals surface area contributed by atoms with Gasteiger partial charge in [-0.3, -0.25) is 0 Å². The highest BCUT2D eigenvalue weighted by Gasteiger charge is 2.12. The molecule has 0 aliphatic carbocycles. The van der Waals surface area contributed by atoms with Crippen molar-refractivity contribution in [3.05, 3.63) is 34.0 Å². The van der Waals surface area contributed by atoms with Crippen LogP contribution < -0.4 is 0 Å². The Hall–Kier alpha value is -1.09. The number of hydrogen-bond acceptors (Lipinski definition) is 3. The maximum atomic E-state index is 11.5. The molecule has 0 amide bonds. The Labute approximate surface area is 94.6 Å². The van der Waals surface area contributed by atoms with Crippen molar-refractivity contribution in [2.75, 3.05) is 6.61 Å². The van der Waals surface area contributed by atoms with E-state index >= 15 is 0 Å². The monoisotopic (exact) mass is 224 g/mol. The van der Waals surface area contributed by atoms with Crippen LogP contribution in [0.15, 0.2) is 18.7 Å². The first-order valence-corrected chi connectivity index (χ1v) is 5.88. The molecule has 0 aliphatic rings. The predicted molar refractivity (Wildman–Crippen MR) is 63.5 cm³/mol. The van der Waals surface area contributed by atoms with Gasteiger partial charge in [0.25, 0.3) is 0 Å². The summed E-state index contributed by atoms with van der Waals surface area (Å²) in [5.74, 6) is -0.213. The molecule has 3 heteroatoms. The lowest BCUT2D eigenvalue weighted by atomic mass is 10.2. The lowest BCUT2D eigenvalue weighted by molar-refractivity contribution is 0.0532. The van der Waals surface area contributed by atoms with Crippen molar-refractivity contribution < 1.29 is 9.53 Å². The van der Waals surface area contributed by atoms with E-state index in [-0.39, 0.29) is 5.97 Å². The molecule has 82 valence electrons. The summed E-state index contributed by atoms with van der Waals surface area (Å²) in [5, 5.41) is 0. The van der Waals surface area contributed by atoms with Gasteiger partial charge in [-0.15, -0.1) is 17.9 Å². The van der Waals surface area contributed by atoms with Crippen LogP contribution in [-0.4, -0.2) is 12.6 Å². The van der Waals surface area contributed by atoms with Crippen LogP contribution in [0.4, 0.5) is 0 Å². The third-order valence-corrected chi connectivity index (χ3v) is 3.35. The molecule has 1 rings (SSSR count). The van der Waals surface area contributed by atoms with Crippen molar-refractivity contribution in [2.45, 2.75) is 26.7 Å². The molecule has 1 heterocycles. The van der Waals surface area contributed by atoms with E-state index in [1.54, 1.807) is 0 Å². The molecule has 0 fully saturated rings. The molecule has 0 aromatic carbocycles. The SMILES string of the molecule is C=CCCc1sc(C(=O)OCC)cc1C. The second-order valence-electron chi connectivity index (χ2n) is 3.26. The summed E-state index contributed by atoms with van der Waals surface area (Å²) in [6.07, 6.45) is 3.80. The first-order valence-electron chi connectivity index (χ1n) is 5.06. The van der Waals surface area contributed by atoms with Gasteiger partial charge in [-0.05, 0) is 38.3 Å². The van der Waals surface area contributed by atoms with Gasteiger partial charge in [0.05, 0.1) is 6.61 Å². The van der Waals surface area contributed by atoms with Crippen molar-refractivity contribution in [3.63, 3.8) is 0 Å². The predicted octanol–water partition coefficient (Wildman–Crippen LogP) is 3.35. The van der Waals surface area contributed by atoms with Crippen LogP contribution in [0.3, 0.4) is 0 Å². The quantitative estimate of drug-likeness (QED) is 0.566. The van der Waals surface area contributed by atoms with Crippen LogP contribution in [-0.2, 0) is 11.2 Å². The van der Waals surface area contributed by atoms with E-state index in [4.69, 9.17) is 4.74 Å². The van der Waals surface area contributed by atoms with E-state index in [2.05, 4.69) is 6.58 Å². The van der Waals surface area contributed by atoms with Gasteiger partial charge in [0.1, 0.15) is 4.88 Å². The highest BCUT2D eigenvalue weighted by atomic mass is 32.1. The van der Waals surface area contributed by atoms with Gasteiger partial charge < -0.3 is 4.74 Å². The standard InChI is InChI=1S/C12H16O2S/c1-4-6-7-10-9(3)8-11(15-10)12(13)14-5-2/h4,8H,1,5-7H2,2-3H3. The highest BCUT2D eigenvalue weighted by Crippen LogP contribution is 2.24. The molecule has 0 saturated carbocycles. The largest absolute Gasteiger partial charge is 0.462 e. The summed E-state index contributed by atoms with van der Waals surface area (Å²) in [7, 11) is 0. The molecular formula is C12H16O2S. The topological polar surface area (TPSA) is 26.3 Å². The van der Waals surface area contributed by atoms with Crippen LogP contribution in [0.2, 0.25) is 0 Å². The molecule has 0 radical (unpaired) electrons. The Bertz CT molecular complexity index is 353. The second kappa shape index (κ2) is 5.71. The van der Waals surface area contributed by atoms with Crippen molar-refractivity contribution in [3.8, 4) is 0 Å². The molecule has 0 aliphatic heterocycles. The van der Waals surface area contributed by atoms with E-state index in [1.807, 2.05) is 26.0 Å². The zero-order chi connectivity index (χ0) is 11.3. The van der Waals surface area contributed by atoms with Gasteiger partial charge in [0.2, 0.25) is 0 Å². The molecular weight excluding hydrogens is 208 g/mol. The average molecular weight is 224 g/mol. The Balaban J connectivity index is 2.75. The zero-order valence-electron chi connectivity index (χ0n) is 9.21. The molecule has 15 heavy (non-hydrogen) atoms. The van der Waals surface area contributed by atoms with E-state index in [1.165, 1.54) is 21.8 Å². The number of carbonyl (C=O) groups is 1.